The minimum absolute atomic E-state index is 0.165. The van der Waals surface area contributed by atoms with Gasteiger partial charge < -0.3 is 10.6 Å². The van der Waals surface area contributed by atoms with E-state index < -0.39 is 10.0 Å². The van der Waals surface area contributed by atoms with Crippen LogP contribution >= 0.6 is 11.3 Å². The normalized spacial score (nSPS) is 17.7. The first-order valence-corrected chi connectivity index (χ1v) is 11.8. The smallest absolute Gasteiger partial charge is 0.261 e. The molecule has 7 nitrogen and oxygen atoms in total. The zero-order valence-corrected chi connectivity index (χ0v) is 18.1. The van der Waals surface area contributed by atoms with Gasteiger partial charge in [-0.05, 0) is 62.1 Å². The number of amides is 2. The molecule has 0 saturated carbocycles. The molecule has 29 heavy (non-hydrogen) atoms. The second-order valence-corrected chi connectivity index (χ2v) is 10.5. The van der Waals surface area contributed by atoms with Gasteiger partial charge in [0.05, 0.1) is 16.3 Å². The maximum atomic E-state index is 12.8. The van der Waals surface area contributed by atoms with E-state index in [-0.39, 0.29) is 23.3 Å². The Balaban J connectivity index is 1.55. The number of thiophene rings is 1. The number of hydrogen-bond acceptors (Lipinski definition) is 5. The highest BCUT2D eigenvalue weighted by atomic mass is 32.2. The maximum absolute atomic E-state index is 12.8. The number of aryl methyl sites for hydroxylation is 1. The molecule has 1 atom stereocenters. The highest BCUT2D eigenvalue weighted by Crippen LogP contribution is 2.24. The van der Waals surface area contributed by atoms with Gasteiger partial charge in [0.2, 0.25) is 15.9 Å². The van der Waals surface area contributed by atoms with Gasteiger partial charge >= 0.3 is 0 Å². The van der Waals surface area contributed by atoms with E-state index in [4.69, 9.17) is 0 Å². The second-order valence-electron chi connectivity index (χ2n) is 7.28. The number of sulfonamides is 1. The van der Waals surface area contributed by atoms with Crippen LogP contribution in [0.4, 0.5) is 5.69 Å². The molecule has 2 aromatic rings. The van der Waals surface area contributed by atoms with Crippen molar-refractivity contribution in [1.82, 2.24) is 9.62 Å². The fourth-order valence-corrected chi connectivity index (χ4v) is 5.62. The average molecular weight is 436 g/mol. The number of rotatable bonds is 6. The molecular formula is C20H25N3O4S2. The van der Waals surface area contributed by atoms with E-state index in [1.807, 2.05) is 13.0 Å². The molecule has 1 saturated heterocycles. The monoisotopic (exact) mass is 435 g/mol. The molecule has 0 bridgehead atoms. The zero-order chi connectivity index (χ0) is 21.0. The molecule has 1 aromatic heterocycles. The largest absolute Gasteiger partial charge is 0.342 e. The Morgan fingerprint density at radius 1 is 1.17 bits per heavy atom. The molecule has 1 aliphatic heterocycles. The molecule has 1 aliphatic rings. The molecular weight excluding hydrogens is 410 g/mol. The van der Waals surface area contributed by atoms with Crippen molar-refractivity contribution in [2.45, 2.75) is 31.6 Å². The molecule has 0 unspecified atom stereocenters. The lowest BCUT2D eigenvalue weighted by molar-refractivity contribution is -0.115. The van der Waals surface area contributed by atoms with Gasteiger partial charge in [-0.2, -0.15) is 4.31 Å². The van der Waals surface area contributed by atoms with Gasteiger partial charge in [-0.1, -0.05) is 6.92 Å². The number of nitrogens with zero attached hydrogens (tertiary/aromatic N) is 1. The van der Waals surface area contributed by atoms with Crippen molar-refractivity contribution in [1.29, 1.82) is 0 Å². The molecule has 0 spiro atoms. The Hall–Kier alpha value is -2.23. The Kier molecular flexibility index (Phi) is 6.71. The summed E-state index contributed by atoms with van der Waals surface area (Å²) >= 11 is 1.36. The van der Waals surface area contributed by atoms with Crippen LogP contribution in [-0.4, -0.2) is 44.2 Å². The van der Waals surface area contributed by atoms with E-state index in [0.717, 1.165) is 17.7 Å². The third kappa shape index (κ3) is 5.43. The lowest BCUT2D eigenvalue weighted by Crippen LogP contribution is -2.39. The van der Waals surface area contributed by atoms with Gasteiger partial charge in [-0.3, -0.25) is 9.59 Å². The third-order valence-corrected chi connectivity index (χ3v) is 7.65. The van der Waals surface area contributed by atoms with Crippen LogP contribution in [0.5, 0.6) is 0 Å². The van der Waals surface area contributed by atoms with E-state index in [1.165, 1.54) is 27.8 Å². The minimum Gasteiger partial charge on any atom is -0.342 e. The second kappa shape index (κ2) is 9.06. The molecule has 9 heteroatoms. The Bertz CT molecular complexity index is 983. The molecule has 1 aromatic carbocycles. The summed E-state index contributed by atoms with van der Waals surface area (Å²) in [6.07, 6.45) is 1.91. The van der Waals surface area contributed by atoms with Crippen LogP contribution in [0.3, 0.4) is 0 Å². The van der Waals surface area contributed by atoms with Crippen molar-refractivity contribution in [3.63, 3.8) is 0 Å². The van der Waals surface area contributed by atoms with E-state index in [1.54, 1.807) is 18.2 Å². The van der Waals surface area contributed by atoms with Crippen LogP contribution in [-0.2, 0) is 14.8 Å². The first-order chi connectivity index (χ1) is 13.8. The molecule has 3 rings (SSSR count). The fourth-order valence-electron chi connectivity index (χ4n) is 3.23. The topological polar surface area (TPSA) is 95.6 Å². The Morgan fingerprint density at radius 2 is 1.90 bits per heavy atom. The van der Waals surface area contributed by atoms with Gasteiger partial charge in [-0.15, -0.1) is 11.3 Å². The summed E-state index contributed by atoms with van der Waals surface area (Å²) in [6, 6.07) is 9.68. The molecule has 0 aliphatic carbocycles. The fraction of sp³-hybridized carbons (Fsp3) is 0.400. The van der Waals surface area contributed by atoms with Crippen LogP contribution in [0.2, 0.25) is 0 Å². The summed E-state index contributed by atoms with van der Waals surface area (Å²) in [6.45, 7) is 4.86. The molecule has 1 fully saturated rings. The summed E-state index contributed by atoms with van der Waals surface area (Å²) in [5.74, 6) is -0.326. The lowest BCUT2D eigenvalue weighted by Gasteiger charge is -2.30. The summed E-state index contributed by atoms with van der Waals surface area (Å²) in [4.78, 5) is 25.8. The predicted molar refractivity (Wildman–Crippen MR) is 114 cm³/mol. The third-order valence-electron chi connectivity index (χ3n) is 4.77. The lowest BCUT2D eigenvalue weighted by atomic mass is 10.0. The first-order valence-electron chi connectivity index (χ1n) is 9.50. The van der Waals surface area contributed by atoms with Gasteiger partial charge in [0, 0.05) is 23.7 Å². The van der Waals surface area contributed by atoms with Gasteiger partial charge in [0.15, 0.2) is 0 Å². The Labute approximate surface area is 175 Å². The first kappa shape index (κ1) is 21.5. The van der Waals surface area contributed by atoms with Crippen molar-refractivity contribution in [2.75, 3.05) is 25.0 Å². The number of anilines is 1. The van der Waals surface area contributed by atoms with Crippen LogP contribution in [0.1, 0.15) is 34.3 Å². The standard InChI is InChI=1S/C20H25N3O4S2/c1-14-4-3-11-23(13-14)29(26,27)17-8-6-16(7-9-17)22-19(24)12-21-20(25)18-10-5-15(2)28-18/h5-10,14H,3-4,11-13H2,1-2H3,(H,21,25)(H,22,24)/t14-/m0/s1. The van der Waals surface area contributed by atoms with E-state index >= 15 is 0 Å². The van der Waals surface area contributed by atoms with Crippen LogP contribution in [0, 0.1) is 12.8 Å². The van der Waals surface area contributed by atoms with Crippen LogP contribution in [0.15, 0.2) is 41.3 Å². The number of benzene rings is 1. The Morgan fingerprint density at radius 3 is 2.52 bits per heavy atom. The van der Waals surface area contributed by atoms with Gasteiger partial charge in [-0.25, -0.2) is 8.42 Å². The minimum atomic E-state index is -3.53. The summed E-state index contributed by atoms with van der Waals surface area (Å²) in [5, 5.41) is 5.23. The van der Waals surface area contributed by atoms with Crippen LogP contribution in [0.25, 0.3) is 0 Å². The van der Waals surface area contributed by atoms with E-state index in [2.05, 4.69) is 17.6 Å². The van der Waals surface area contributed by atoms with Gasteiger partial charge in [0.25, 0.3) is 5.91 Å². The SMILES string of the molecule is Cc1ccc(C(=O)NCC(=O)Nc2ccc(S(=O)(=O)N3CCC[C@H](C)C3)cc2)s1. The van der Waals surface area contributed by atoms with Crippen LogP contribution < -0.4 is 10.6 Å². The van der Waals surface area contributed by atoms with Crippen molar-refractivity contribution in [3.8, 4) is 0 Å². The summed E-state index contributed by atoms with van der Waals surface area (Å²) in [7, 11) is -3.53. The predicted octanol–water partition coefficient (Wildman–Crippen LogP) is 2.85. The molecule has 2 N–H and O–H groups in total. The highest BCUT2D eigenvalue weighted by molar-refractivity contribution is 7.89. The average Bonchev–Trinajstić information content (AvgIpc) is 3.13. The van der Waals surface area contributed by atoms with Crippen molar-refractivity contribution in [2.24, 2.45) is 5.92 Å². The van der Waals surface area contributed by atoms with E-state index in [9.17, 15) is 18.0 Å². The summed E-state index contributed by atoms with van der Waals surface area (Å²) < 4.78 is 27.1. The van der Waals surface area contributed by atoms with Crippen molar-refractivity contribution in [3.05, 3.63) is 46.2 Å². The highest BCUT2D eigenvalue weighted by Gasteiger charge is 2.28. The number of nitrogens with one attached hydrogen (secondary N) is 2. The molecule has 2 heterocycles. The number of carbonyl (C=O) groups is 2. The quantitative estimate of drug-likeness (QED) is 0.729. The van der Waals surface area contributed by atoms with E-state index in [0.29, 0.717) is 29.6 Å². The summed E-state index contributed by atoms with van der Waals surface area (Å²) in [5.41, 5.74) is 0.474. The molecule has 2 amide bonds. The maximum Gasteiger partial charge on any atom is 0.261 e. The number of hydrogen-bond donors (Lipinski definition) is 2. The number of carbonyl (C=O) groups excluding carboxylic acids is 2. The van der Waals surface area contributed by atoms with Crippen molar-refractivity contribution < 1.29 is 18.0 Å². The molecule has 0 radical (unpaired) electrons. The molecule has 156 valence electrons. The zero-order valence-electron chi connectivity index (χ0n) is 16.5. The van der Waals surface area contributed by atoms with Gasteiger partial charge in [0.1, 0.15) is 0 Å². The van der Waals surface area contributed by atoms with Crippen molar-refractivity contribution >= 4 is 38.9 Å². The number of piperidine rings is 1.